The molecule has 1 N–H and O–H groups in total. The van der Waals surface area contributed by atoms with Crippen LogP contribution in [0.5, 0.6) is 0 Å². The molecule has 0 amide bonds. The van der Waals surface area contributed by atoms with E-state index in [0.717, 1.165) is 55.8 Å². The van der Waals surface area contributed by atoms with Crippen molar-refractivity contribution in [1.29, 1.82) is 0 Å². The van der Waals surface area contributed by atoms with Crippen molar-refractivity contribution < 1.29 is 9.90 Å². The van der Waals surface area contributed by atoms with Crippen LogP contribution in [0.4, 0.5) is 0 Å². The Morgan fingerprint density at radius 2 is 2.03 bits per heavy atom. The number of ketones is 1. The monoisotopic (exact) mass is 396 g/mol. The number of aliphatic hydroxyl groups is 1. The normalized spacial score (nSPS) is 45.7. The minimum Gasteiger partial charge on any atom is -0.393 e. The van der Waals surface area contributed by atoms with Gasteiger partial charge in [-0.3, -0.25) is 9.48 Å². The molecule has 4 aliphatic carbocycles. The smallest absolute Gasteiger partial charge is 0.165 e. The second kappa shape index (κ2) is 6.80. The number of carbonyl (C=O) groups is 1. The standard InChI is InChI=1S/C25H36N2O2/c1-4-27-12-9-18(26-27)13-16-14-22-20-6-5-17-15-19(28)7-10-24(17,2)21(20)8-11-25(22,3)23(16)29/h9,12-13,17,19-22,28H,4-8,10-11,14-15H2,1-3H3/b16-13-/t17-,19-,20-,21+,22+,24+,25+/m1/s1. The van der Waals surface area contributed by atoms with E-state index in [-0.39, 0.29) is 11.5 Å². The van der Waals surface area contributed by atoms with Crippen LogP contribution in [-0.4, -0.2) is 26.8 Å². The van der Waals surface area contributed by atoms with E-state index in [1.807, 2.05) is 16.9 Å². The molecule has 0 aromatic carbocycles. The summed E-state index contributed by atoms with van der Waals surface area (Å²) in [5, 5.41) is 14.8. The van der Waals surface area contributed by atoms with Crippen molar-refractivity contribution in [2.45, 2.75) is 84.8 Å². The first-order valence-electron chi connectivity index (χ1n) is 11.8. The van der Waals surface area contributed by atoms with Gasteiger partial charge in [-0.1, -0.05) is 13.8 Å². The van der Waals surface area contributed by atoms with Crippen LogP contribution >= 0.6 is 0 Å². The summed E-state index contributed by atoms with van der Waals surface area (Å²) in [5.41, 5.74) is 2.10. The van der Waals surface area contributed by atoms with E-state index in [2.05, 4.69) is 31.9 Å². The Morgan fingerprint density at radius 1 is 1.21 bits per heavy atom. The minimum absolute atomic E-state index is 0.0935. The van der Waals surface area contributed by atoms with Crippen molar-refractivity contribution in [2.75, 3.05) is 0 Å². The number of fused-ring (bicyclic) bond motifs is 5. The van der Waals surface area contributed by atoms with Crippen LogP contribution in [-0.2, 0) is 11.3 Å². The minimum atomic E-state index is -0.183. The zero-order chi connectivity index (χ0) is 20.4. The molecule has 5 rings (SSSR count). The van der Waals surface area contributed by atoms with Gasteiger partial charge >= 0.3 is 0 Å². The van der Waals surface area contributed by atoms with Gasteiger partial charge < -0.3 is 5.11 Å². The highest BCUT2D eigenvalue weighted by molar-refractivity contribution is 6.05. The van der Waals surface area contributed by atoms with Gasteiger partial charge in [-0.25, -0.2) is 0 Å². The molecule has 0 spiro atoms. The van der Waals surface area contributed by atoms with Crippen LogP contribution in [0.15, 0.2) is 17.8 Å². The number of allylic oxidation sites excluding steroid dienone is 1. The van der Waals surface area contributed by atoms with Crippen molar-refractivity contribution in [3.8, 4) is 0 Å². The van der Waals surface area contributed by atoms with E-state index in [0.29, 0.717) is 29.0 Å². The van der Waals surface area contributed by atoms with E-state index >= 15 is 0 Å². The quantitative estimate of drug-likeness (QED) is 0.726. The van der Waals surface area contributed by atoms with E-state index in [1.165, 1.54) is 19.3 Å². The third-order valence-electron chi connectivity index (χ3n) is 9.59. The number of rotatable bonds is 2. The fourth-order valence-electron chi connectivity index (χ4n) is 7.84. The predicted molar refractivity (Wildman–Crippen MR) is 114 cm³/mol. The number of aliphatic hydroxyl groups excluding tert-OH is 1. The van der Waals surface area contributed by atoms with E-state index < -0.39 is 0 Å². The fraction of sp³-hybridized carbons (Fsp3) is 0.760. The zero-order valence-corrected chi connectivity index (χ0v) is 18.2. The van der Waals surface area contributed by atoms with Crippen molar-refractivity contribution >= 4 is 11.9 Å². The lowest BCUT2D eigenvalue weighted by atomic mass is 9.45. The van der Waals surface area contributed by atoms with Crippen LogP contribution in [0.2, 0.25) is 0 Å². The second-order valence-corrected chi connectivity index (χ2v) is 10.8. The first-order valence-corrected chi connectivity index (χ1v) is 11.8. The first kappa shape index (κ1) is 19.5. The molecular formula is C25H36N2O2. The Kier molecular flexibility index (Phi) is 4.58. The summed E-state index contributed by atoms with van der Waals surface area (Å²) in [6.07, 6.45) is 12.7. The average molecular weight is 397 g/mol. The Hall–Kier alpha value is -1.42. The first-order chi connectivity index (χ1) is 13.8. The number of hydrogen-bond acceptors (Lipinski definition) is 3. The summed E-state index contributed by atoms with van der Waals surface area (Å²) < 4.78 is 1.93. The molecule has 1 aromatic heterocycles. The Balaban J connectivity index is 1.43. The van der Waals surface area contributed by atoms with Crippen molar-refractivity contribution in [3.05, 3.63) is 23.5 Å². The van der Waals surface area contributed by atoms with Gasteiger partial charge in [-0.05, 0) is 105 Å². The Labute approximate surface area is 174 Å². The maximum Gasteiger partial charge on any atom is 0.165 e. The van der Waals surface area contributed by atoms with Crippen molar-refractivity contribution in [1.82, 2.24) is 9.78 Å². The molecule has 4 fully saturated rings. The summed E-state index contributed by atoms with van der Waals surface area (Å²) in [7, 11) is 0. The SMILES string of the molecule is CCn1ccc(/C=C2/C[C@H]3[C@@H]4CC[C@@H]5C[C@H](O)CC[C@]5(C)[C@H]4CC[C@]3(C)C2=O)n1. The lowest BCUT2D eigenvalue weighted by Gasteiger charge is -2.59. The van der Waals surface area contributed by atoms with Gasteiger partial charge in [0.15, 0.2) is 5.78 Å². The van der Waals surface area contributed by atoms with Crippen LogP contribution in [0.25, 0.3) is 6.08 Å². The molecule has 0 aliphatic heterocycles. The van der Waals surface area contributed by atoms with Gasteiger partial charge in [-0.15, -0.1) is 0 Å². The average Bonchev–Trinajstić information content (AvgIpc) is 3.26. The Morgan fingerprint density at radius 3 is 2.79 bits per heavy atom. The molecule has 4 saturated carbocycles. The van der Waals surface area contributed by atoms with E-state index in [4.69, 9.17) is 0 Å². The van der Waals surface area contributed by atoms with Crippen molar-refractivity contribution in [3.63, 3.8) is 0 Å². The van der Waals surface area contributed by atoms with Crippen LogP contribution in [0.3, 0.4) is 0 Å². The summed E-state index contributed by atoms with van der Waals surface area (Å²) in [5.74, 6) is 2.92. The van der Waals surface area contributed by atoms with Gasteiger partial charge in [0.25, 0.3) is 0 Å². The molecule has 4 heteroatoms. The lowest BCUT2D eigenvalue weighted by Crippen LogP contribution is -2.54. The number of aromatic nitrogens is 2. The summed E-state index contributed by atoms with van der Waals surface area (Å²) in [6.45, 7) is 7.70. The molecule has 4 aliphatic rings. The summed E-state index contributed by atoms with van der Waals surface area (Å²) >= 11 is 0. The largest absolute Gasteiger partial charge is 0.393 e. The zero-order valence-electron chi connectivity index (χ0n) is 18.2. The number of Topliss-reactive ketones (excluding diaryl/α,β-unsaturated/α-hetero) is 1. The maximum atomic E-state index is 13.5. The molecule has 0 radical (unpaired) electrons. The predicted octanol–water partition coefficient (Wildman–Crippen LogP) is 4.87. The summed E-state index contributed by atoms with van der Waals surface area (Å²) in [4.78, 5) is 13.5. The second-order valence-electron chi connectivity index (χ2n) is 10.8. The van der Waals surface area contributed by atoms with E-state index in [1.54, 1.807) is 0 Å². The number of aryl methyl sites for hydroxylation is 1. The third-order valence-corrected chi connectivity index (χ3v) is 9.59. The van der Waals surface area contributed by atoms with Crippen molar-refractivity contribution in [2.24, 2.45) is 34.5 Å². The molecule has 1 aromatic rings. The molecule has 0 unspecified atom stereocenters. The third kappa shape index (κ3) is 2.89. The highest BCUT2D eigenvalue weighted by atomic mass is 16.3. The molecular weight excluding hydrogens is 360 g/mol. The number of nitrogens with zero attached hydrogens (tertiary/aromatic N) is 2. The molecule has 4 nitrogen and oxygen atoms in total. The van der Waals surface area contributed by atoms with E-state index in [9.17, 15) is 9.90 Å². The number of carbonyl (C=O) groups excluding carboxylic acids is 1. The van der Waals surface area contributed by atoms with Gasteiger partial charge in [0, 0.05) is 18.2 Å². The lowest BCUT2D eigenvalue weighted by molar-refractivity contribution is -0.141. The highest BCUT2D eigenvalue weighted by Gasteiger charge is 2.61. The topological polar surface area (TPSA) is 55.1 Å². The molecule has 1 heterocycles. The maximum absolute atomic E-state index is 13.5. The molecule has 158 valence electrons. The molecule has 0 bridgehead atoms. The molecule has 29 heavy (non-hydrogen) atoms. The van der Waals surface area contributed by atoms with Crippen LogP contribution in [0, 0.1) is 34.5 Å². The van der Waals surface area contributed by atoms with Gasteiger partial charge in [-0.2, -0.15) is 5.10 Å². The number of hydrogen-bond donors (Lipinski definition) is 1. The highest BCUT2D eigenvalue weighted by Crippen LogP contribution is 2.66. The van der Waals surface area contributed by atoms with Crippen LogP contribution in [0.1, 0.15) is 77.8 Å². The summed E-state index contributed by atoms with van der Waals surface area (Å²) in [6, 6.07) is 2.02. The molecule has 7 atom stereocenters. The van der Waals surface area contributed by atoms with Gasteiger partial charge in [0.1, 0.15) is 0 Å². The van der Waals surface area contributed by atoms with Crippen LogP contribution < -0.4 is 0 Å². The molecule has 0 saturated heterocycles. The van der Waals surface area contributed by atoms with Gasteiger partial charge in [0.2, 0.25) is 0 Å². The fourth-order valence-corrected chi connectivity index (χ4v) is 7.84. The Bertz CT molecular complexity index is 842. The van der Waals surface area contributed by atoms with Gasteiger partial charge in [0.05, 0.1) is 11.8 Å².